The topological polar surface area (TPSA) is 98.3 Å². The molecule has 0 spiro atoms. The number of amides is 1. The average Bonchev–Trinajstić information content (AvgIpc) is 3.05. The van der Waals surface area contributed by atoms with Gasteiger partial charge in [0.2, 0.25) is 0 Å². The molecule has 2 heterocycles. The number of non-ortho nitro benzene ring substituents is 1. The van der Waals surface area contributed by atoms with Crippen LogP contribution in [0.3, 0.4) is 0 Å². The highest BCUT2D eigenvalue weighted by Gasteiger charge is 2.16. The molecule has 0 unspecified atom stereocenters. The van der Waals surface area contributed by atoms with Crippen molar-refractivity contribution >= 4 is 28.9 Å². The maximum Gasteiger partial charge on any atom is 0.291 e. The van der Waals surface area contributed by atoms with Gasteiger partial charge in [0, 0.05) is 23.9 Å². The van der Waals surface area contributed by atoms with Crippen molar-refractivity contribution in [3.05, 3.63) is 75.8 Å². The van der Waals surface area contributed by atoms with Gasteiger partial charge in [-0.2, -0.15) is 0 Å². The normalized spacial score (nSPS) is 10.4. The number of halogens is 1. The molecular weight excluding hydrogens is 334 g/mol. The Morgan fingerprint density at radius 3 is 2.75 bits per heavy atom. The van der Waals surface area contributed by atoms with Crippen LogP contribution in [-0.2, 0) is 0 Å². The first-order valence-electron chi connectivity index (χ1n) is 6.80. The number of nitro groups is 1. The highest BCUT2D eigenvalue weighted by Crippen LogP contribution is 2.32. The van der Waals surface area contributed by atoms with Crippen molar-refractivity contribution in [2.45, 2.75) is 0 Å². The van der Waals surface area contributed by atoms with E-state index in [-0.39, 0.29) is 16.5 Å². The number of nitrogens with zero attached hydrogens (tertiary/aromatic N) is 2. The van der Waals surface area contributed by atoms with Gasteiger partial charge in [-0.3, -0.25) is 19.9 Å². The molecule has 3 aromatic rings. The zero-order chi connectivity index (χ0) is 17.1. The second-order valence-electron chi connectivity index (χ2n) is 4.78. The van der Waals surface area contributed by atoms with Crippen LogP contribution in [0, 0.1) is 10.1 Å². The molecule has 120 valence electrons. The third-order valence-electron chi connectivity index (χ3n) is 3.18. The summed E-state index contributed by atoms with van der Waals surface area (Å²) in [4.78, 5) is 26.2. The summed E-state index contributed by atoms with van der Waals surface area (Å²) in [6, 6.07) is 10.5. The summed E-state index contributed by atoms with van der Waals surface area (Å²) in [6.45, 7) is 0. The number of anilines is 1. The first-order valence-corrected chi connectivity index (χ1v) is 7.18. The summed E-state index contributed by atoms with van der Waals surface area (Å²) < 4.78 is 5.50. The third kappa shape index (κ3) is 3.26. The number of furan rings is 1. The van der Waals surface area contributed by atoms with Crippen molar-refractivity contribution in [2.24, 2.45) is 0 Å². The van der Waals surface area contributed by atoms with E-state index in [0.29, 0.717) is 17.0 Å². The van der Waals surface area contributed by atoms with Gasteiger partial charge >= 0.3 is 0 Å². The monoisotopic (exact) mass is 343 g/mol. The number of carbonyl (C=O) groups excluding carboxylic acids is 1. The van der Waals surface area contributed by atoms with E-state index in [0.717, 1.165) is 0 Å². The molecule has 3 rings (SSSR count). The molecule has 0 radical (unpaired) electrons. The molecule has 0 atom stereocenters. The summed E-state index contributed by atoms with van der Waals surface area (Å²) in [5.74, 6) is -0.0122. The van der Waals surface area contributed by atoms with Gasteiger partial charge in [0.05, 0.1) is 21.8 Å². The van der Waals surface area contributed by atoms with Crippen LogP contribution in [0.4, 0.5) is 11.4 Å². The quantitative estimate of drug-likeness (QED) is 0.566. The van der Waals surface area contributed by atoms with Crippen LogP contribution < -0.4 is 5.32 Å². The highest BCUT2D eigenvalue weighted by molar-refractivity contribution is 6.33. The molecule has 0 saturated heterocycles. The van der Waals surface area contributed by atoms with Gasteiger partial charge in [0.15, 0.2) is 5.76 Å². The number of pyridine rings is 1. The Bertz CT molecular complexity index is 909. The minimum Gasteiger partial charge on any atom is -0.451 e. The maximum atomic E-state index is 12.1. The number of carbonyl (C=O) groups is 1. The van der Waals surface area contributed by atoms with Gasteiger partial charge in [0.1, 0.15) is 5.76 Å². The lowest BCUT2D eigenvalue weighted by atomic mass is 10.1. The number of benzene rings is 1. The molecule has 1 N–H and O–H groups in total. The summed E-state index contributed by atoms with van der Waals surface area (Å²) in [5.41, 5.74) is 0.876. The molecule has 0 bridgehead atoms. The Balaban J connectivity index is 1.83. The van der Waals surface area contributed by atoms with E-state index in [1.807, 2.05) is 0 Å². The number of rotatable bonds is 4. The van der Waals surface area contributed by atoms with Crippen LogP contribution in [0.5, 0.6) is 0 Å². The zero-order valence-electron chi connectivity index (χ0n) is 12.1. The van der Waals surface area contributed by atoms with Crippen molar-refractivity contribution < 1.29 is 14.1 Å². The predicted molar refractivity (Wildman–Crippen MR) is 88.0 cm³/mol. The van der Waals surface area contributed by atoms with E-state index in [2.05, 4.69) is 10.3 Å². The largest absolute Gasteiger partial charge is 0.451 e. The Kier molecular flexibility index (Phi) is 4.26. The van der Waals surface area contributed by atoms with Crippen molar-refractivity contribution in [1.82, 2.24) is 4.98 Å². The van der Waals surface area contributed by atoms with Gasteiger partial charge in [-0.15, -0.1) is 0 Å². The van der Waals surface area contributed by atoms with Gasteiger partial charge in [-0.1, -0.05) is 11.6 Å². The summed E-state index contributed by atoms with van der Waals surface area (Å²) >= 11 is 6.05. The SMILES string of the molecule is O=C(Nc1cccnc1)c1ccc(-c2ccc([N+](=O)[O-])cc2Cl)o1. The molecule has 2 aromatic heterocycles. The number of aromatic nitrogens is 1. The molecule has 1 aromatic carbocycles. The number of hydrogen-bond acceptors (Lipinski definition) is 5. The molecule has 1 amide bonds. The van der Waals surface area contributed by atoms with Gasteiger partial charge in [-0.25, -0.2) is 0 Å². The van der Waals surface area contributed by atoms with Gasteiger partial charge in [0.25, 0.3) is 11.6 Å². The van der Waals surface area contributed by atoms with Crippen molar-refractivity contribution in [3.8, 4) is 11.3 Å². The first kappa shape index (κ1) is 15.7. The second-order valence-corrected chi connectivity index (χ2v) is 5.19. The molecule has 0 aliphatic heterocycles. The average molecular weight is 344 g/mol. The minimum atomic E-state index is -0.537. The summed E-state index contributed by atoms with van der Waals surface area (Å²) in [7, 11) is 0. The van der Waals surface area contributed by atoms with E-state index < -0.39 is 10.8 Å². The van der Waals surface area contributed by atoms with Crippen molar-refractivity contribution in [1.29, 1.82) is 0 Å². The lowest BCUT2D eigenvalue weighted by Crippen LogP contribution is -2.10. The lowest BCUT2D eigenvalue weighted by Gasteiger charge is -2.03. The molecule has 8 heteroatoms. The Hall–Kier alpha value is -3.19. The van der Waals surface area contributed by atoms with Crippen LogP contribution in [0.2, 0.25) is 5.02 Å². The Labute approximate surface area is 141 Å². The minimum absolute atomic E-state index is 0.0864. The molecule has 0 aliphatic carbocycles. The van der Waals surface area contributed by atoms with Crippen LogP contribution in [0.15, 0.2) is 59.3 Å². The van der Waals surface area contributed by atoms with E-state index in [1.54, 1.807) is 24.4 Å². The fourth-order valence-electron chi connectivity index (χ4n) is 2.05. The third-order valence-corrected chi connectivity index (χ3v) is 3.49. The molecule has 0 fully saturated rings. The number of nitrogens with one attached hydrogen (secondary N) is 1. The van der Waals surface area contributed by atoms with Crippen LogP contribution in [0.1, 0.15) is 10.6 Å². The van der Waals surface area contributed by atoms with Gasteiger partial charge < -0.3 is 9.73 Å². The second kappa shape index (κ2) is 6.51. The van der Waals surface area contributed by atoms with Gasteiger partial charge in [-0.05, 0) is 30.3 Å². The van der Waals surface area contributed by atoms with E-state index in [4.69, 9.17) is 16.0 Å². The molecular formula is C16H10ClN3O4. The van der Waals surface area contributed by atoms with Crippen LogP contribution >= 0.6 is 11.6 Å². The molecule has 7 nitrogen and oxygen atoms in total. The van der Waals surface area contributed by atoms with Crippen molar-refractivity contribution in [3.63, 3.8) is 0 Å². The maximum absolute atomic E-state index is 12.1. The standard InChI is InChI=1S/C16H10ClN3O4/c17-13-8-11(20(22)23)3-4-12(13)14-5-6-15(24-14)16(21)19-10-2-1-7-18-9-10/h1-9H,(H,19,21). The van der Waals surface area contributed by atoms with E-state index >= 15 is 0 Å². The molecule has 0 aliphatic rings. The predicted octanol–water partition coefficient (Wildman–Crippen LogP) is 4.16. The van der Waals surface area contributed by atoms with Crippen LogP contribution in [0.25, 0.3) is 11.3 Å². The van der Waals surface area contributed by atoms with E-state index in [1.165, 1.54) is 30.5 Å². The fraction of sp³-hybridized carbons (Fsp3) is 0. The summed E-state index contributed by atoms with van der Waals surface area (Å²) in [5, 5.41) is 13.5. The molecule has 0 saturated carbocycles. The number of nitro benzene ring substituents is 1. The lowest BCUT2D eigenvalue weighted by molar-refractivity contribution is -0.384. The van der Waals surface area contributed by atoms with Crippen molar-refractivity contribution in [2.75, 3.05) is 5.32 Å². The highest BCUT2D eigenvalue weighted by atomic mass is 35.5. The Morgan fingerprint density at radius 1 is 1.25 bits per heavy atom. The fourth-order valence-corrected chi connectivity index (χ4v) is 2.32. The smallest absolute Gasteiger partial charge is 0.291 e. The van der Waals surface area contributed by atoms with E-state index in [9.17, 15) is 14.9 Å². The zero-order valence-corrected chi connectivity index (χ0v) is 12.9. The molecule has 24 heavy (non-hydrogen) atoms. The Morgan fingerprint density at radius 2 is 2.08 bits per heavy atom. The number of hydrogen-bond donors (Lipinski definition) is 1. The first-order chi connectivity index (χ1) is 11.5. The summed E-state index contributed by atoms with van der Waals surface area (Å²) in [6.07, 6.45) is 3.10. The van der Waals surface area contributed by atoms with Crippen LogP contribution in [-0.4, -0.2) is 15.8 Å².